The number of nitrogens with one attached hydrogen (secondary N) is 2. The first-order chi connectivity index (χ1) is 14.6. The first kappa shape index (κ1) is 18.5. The molecule has 0 saturated carbocycles. The smallest absolute Gasteiger partial charge is 0.270 e. The summed E-state index contributed by atoms with van der Waals surface area (Å²) in [4.78, 5) is 25.8. The van der Waals surface area contributed by atoms with Crippen LogP contribution in [0.2, 0.25) is 5.02 Å². The fraction of sp³-hybridized carbons (Fsp3) is 0.190. The molecule has 1 amide bonds. The minimum Gasteiger partial charge on any atom is -0.364 e. The number of hydrogen-bond donors (Lipinski definition) is 2. The van der Waals surface area contributed by atoms with Gasteiger partial charge in [0.05, 0.1) is 22.8 Å². The van der Waals surface area contributed by atoms with Gasteiger partial charge in [0.15, 0.2) is 5.82 Å². The number of benzene rings is 1. The summed E-state index contributed by atoms with van der Waals surface area (Å²) in [7, 11) is 1.89. The molecule has 1 aliphatic rings. The van der Waals surface area contributed by atoms with Gasteiger partial charge in [-0.25, -0.2) is 9.97 Å². The van der Waals surface area contributed by atoms with E-state index in [9.17, 15) is 4.79 Å². The van der Waals surface area contributed by atoms with Crippen LogP contribution < -0.4 is 10.6 Å². The van der Waals surface area contributed by atoms with E-state index in [0.717, 1.165) is 27.7 Å². The number of amides is 1. The van der Waals surface area contributed by atoms with E-state index in [4.69, 9.17) is 16.6 Å². The molecule has 9 heteroatoms. The maximum atomic E-state index is 12.4. The van der Waals surface area contributed by atoms with E-state index in [1.807, 2.05) is 42.1 Å². The first-order valence-electron chi connectivity index (χ1n) is 9.55. The van der Waals surface area contributed by atoms with Crippen LogP contribution in [0.25, 0.3) is 22.3 Å². The van der Waals surface area contributed by atoms with Gasteiger partial charge in [-0.2, -0.15) is 5.10 Å². The Morgan fingerprint density at radius 3 is 2.97 bits per heavy atom. The number of aryl methyl sites for hydroxylation is 1. The maximum absolute atomic E-state index is 12.4. The summed E-state index contributed by atoms with van der Waals surface area (Å²) in [6.07, 6.45) is 4.02. The van der Waals surface area contributed by atoms with Crippen molar-refractivity contribution >= 4 is 34.2 Å². The molecule has 0 aliphatic carbocycles. The van der Waals surface area contributed by atoms with E-state index in [1.54, 1.807) is 12.4 Å². The van der Waals surface area contributed by atoms with Crippen LogP contribution in [0.4, 0.5) is 5.82 Å². The highest BCUT2D eigenvalue weighted by atomic mass is 35.5. The third-order valence-electron chi connectivity index (χ3n) is 5.13. The number of hydrogen-bond acceptors (Lipinski definition) is 6. The first-order valence-corrected chi connectivity index (χ1v) is 9.93. The Labute approximate surface area is 177 Å². The predicted octanol–water partition coefficient (Wildman–Crippen LogP) is 2.98. The molecule has 0 unspecified atom stereocenters. The standard InChI is InChI=1S/C21H18ClN7O/c1-29-16-6-2-5-14(22)17(16)15(28-29)11-25-20-13-7-9-24-21(30)18(13)26-19(27-20)12-4-3-8-23-10-12/h2-6,8,10H,7,9,11H2,1H3,(H,24,30)(H,25,26,27). The number of carbonyl (C=O) groups excluding carboxylic acids is 1. The summed E-state index contributed by atoms with van der Waals surface area (Å²) in [5.41, 5.74) is 3.71. The molecule has 1 aliphatic heterocycles. The van der Waals surface area contributed by atoms with Crippen LogP contribution in [0.1, 0.15) is 21.7 Å². The van der Waals surface area contributed by atoms with E-state index in [-0.39, 0.29) is 5.91 Å². The fourth-order valence-corrected chi connectivity index (χ4v) is 3.99. The van der Waals surface area contributed by atoms with Crippen molar-refractivity contribution in [1.29, 1.82) is 0 Å². The van der Waals surface area contributed by atoms with Gasteiger partial charge in [-0.3, -0.25) is 14.5 Å². The number of rotatable bonds is 4. The monoisotopic (exact) mass is 419 g/mol. The Balaban J connectivity index is 1.56. The molecule has 2 N–H and O–H groups in total. The largest absolute Gasteiger partial charge is 0.364 e. The van der Waals surface area contributed by atoms with Gasteiger partial charge in [0.25, 0.3) is 5.91 Å². The van der Waals surface area contributed by atoms with Crippen molar-refractivity contribution in [2.24, 2.45) is 7.05 Å². The summed E-state index contributed by atoms with van der Waals surface area (Å²) >= 11 is 6.43. The van der Waals surface area contributed by atoms with Crippen LogP contribution in [0.5, 0.6) is 0 Å². The van der Waals surface area contributed by atoms with Gasteiger partial charge in [-0.15, -0.1) is 0 Å². The van der Waals surface area contributed by atoms with E-state index in [0.29, 0.717) is 41.9 Å². The Hall–Kier alpha value is -3.52. The highest BCUT2D eigenvalue weighted by Crippen LogP contribution is 2.28. The second-order valence-electron chi connectivity index (χ2n) is 7.03. The van der Waals surface area contributed by atoms with Gasteiger partial charge in [0.1, 0.15) is 11.5 Å². The van der Waals surface area contributed by atoms with Gasteiger partial charge in [0, 0.05) is 42.5 Å². The lowest BCUT2D eigenvalue weighted by Crippen LogP contribution is -2.34. The maximum Gasteiger partial charge on any atom is 0.270 e. The molecule has 0 saturated heterocycles. The number of nitrogens with zero attached hydrogens (tertiary/aromatic N) is 5. The Morgan fingerprint density at radius 2 is 2.13 bits per heavy atom. The fourth-order valence-electron chi connectivity index (χ4n) is 3.71. The van der Waals surface area contributed by atoms with Crippen molar-refractivity contribution in [3.63, 3.8) is 0 Å². The normalized spacial score (nSPS) is 13.2. The highest BCUT2D eigenvalue weighted by molar-refractivity contribution is 6.35. The average molecular weight is 420 g/mol. The van der Waals surface area contributed by atoms with Crippen LogP contribution >= 0.6 is 11.6 Å². The second kappa shape index (κ2) is 7.38. The minimum atomic E-state index is -0.196. The number of halogens is 1. The molecule has 4 aromatic rings. The van der Waals surface area contributed by atoms with Gasteiger partial charge in [-0.05, 0) is 30.7 Å². The number of fused-ring (bicyclic) bond motifs is 2. The second-order valence-corrected chi connectivity index (χ2v) is 7.44. The Kier molecular flexibility index (Phi) is 4.55. The van der Waals surface area contributed by atoms with E-state index in [1.165, 1.54) is 0 Å². The summed E-state index contributed by atoms with van der Waals surface area (Å²) in [6.45, 7) is 0.965. The van der Waals surface area contributed by atoms with Gasteiger partial charge < -0.3 is 10.6 Å². The number of anilines is 1. The zero-order chi connectivity index (χ0) is 20.7. The number of aromatic nitrogens is 5. The molecule has 0 spiro atoms. The third-order valence-corrected chi connectivity index (χ3v) is 5.44. The molecular weight excluding hydrogens is 402 g/mol. The lowest BCUT2D eigenvalue weighted by molar-refractivity contribution is 0.0940. The van der Waals surface area contributed by atoms with Gasteiger partial charge in [-0.1, -0.05) is 17.7 Å². The topological polar surface area (TPSA) is 97.6 Å². The quantitative estimate of drug-likeness (QED) is 0.527. The molecule has 8 nitrogen and oxygen atoms in total. The molecule has 0 radical (unpaired) electrons. The SMILES string of the molecule is Cn1nc(CNc2nc(-c3cccnc3)nc3c2CCNC3=O)c2c(Cl)cccc21. The Morgan fingerprint density at radius 1 is 1.23 bits per heavy atom. The van der Waals surface area contributed by atoms with Crippen molar-refractivity contribution in [1.82, 2.24) is 30.0 Å². The van der Waals surface area contributed by atoms with Crippen LogP contribution in [-0.2, 0) is 20.0 Å². The highest BCUT2D eigenvalue weighted by Gasteiger charge is 2.24. The van der Waals surface area contributed by atoms with Crippen molar-refractivity contribution in [3.05, 3.63) is 64.7 Å². The van der Waals surface area contributed by atoms with Crippen molar-refractivity contribution in [2.75, 3.05) is 11.9 Å². The third kappa shape index (κ3) is 3.15. The molecule has 30 heavy (non-hydrogen) atoms. The van der Waals surface area contributed by atoms with Crippen LogP contribution in [0.15, 0.2) is 42.7 Å². The molecule has 0 bridgehead atoms. The molecule has 0 atom stereocenters. The molecular formula is C21H18ClN7O. The summed E-state index contributed by atoms with van der Waals surface area (Å²) in [5.74, 6) is 0.878. The average Bonchev–Trinajstić information content (AvgIpc) is 3.10. The van der Waals surface area contributed by atoms with Crippen LogP contribution in [0, 0.1) is 0 Å². The molecule has 0 fully saturated rings. The predicted molar refractivity (Wildman–Crippen MR) is 114 cm³/mol. The van der Waals surface area contributed by atoms with Crippen molar-refractivity contribution in [2.45, 2.75) is 13.0 Å². The summed E-state index contributed by atoms with van der Waals surface area (Å²) < 4.78 is 1.81. The number of pyridine rings is 1. The Bertz CT molecular complexity index is 1270. The number of carbonyl (C=O) groups is 1. The van der Waals surface area contributed by atoms with E-state index in [2.05, 4.69) is 25.7 Å². The molecule has 3 aromatic heterocycles. The zero-order valence-corrected chi connectivity index (χ0v) is 16.9. The lowest BCUT2D eigenvalue weighted by atomic mass is 10.1. The van der Waals surface area contributed by atoms with E-state index >= 15 is 0 Å². The van der Waals surface area contributed by atoms with E-state index < -0.39 is 0 Å². The van der Waals surface area contributed by atoms with Gasteiger partial charge >= 0.3 is 0 Å². The molecule has 150 valence electrons. The zero-order valence-electron chi connectivity index (χ0n) is 16.2. The minimum absolute atomic E-state index is 0.196. The molecule has 1 aromatic carbocycles. The summed E-state index contributed by atoms with van der Waals surface area (Å²) in [6, 6.07) is 9.42. The van der Waals surface area contributed by atoms with Gasteiger partial charge in [0.2, 0.25) is 0 Å². The lowest BCUT2D eigenvalue weighted by Gasteiger charge is -2.20. The molecule has 5 rings (SSSR count). The molecule has 4 heterocycles. The summed E-state index contributed by atoms with van der Waals surface area (Å²) in [5, 5.41) is 12.4. The van der Waals surface area contributed by atoms with Crippen LogP contribution in [0.3, 0.4) is 0 Å². The van der Waals surface area contributed by atoms with Crippen molar-refractivity contribution in [3.8, 4) is 11.4 Å². The van der Waals surface area contributed by atoms with Crippen molar-refractivity contribution < 1.29 is 4.79 Å². The van der Waals surface area contributed by atoms with Crippen LogP contribution in [-0.4, -0.2) is 37.2 Å².